The van der Waals surface area contributed by atoms with Crippen molar-refractivity contribution in [3.63, 3.8) is 0 Å². The highest BCUT2D eigenvalue weighted by Gasteiger charge is 2.35. The van der Waals surface area contributed by atoms with Gasteiger partial charge in [-0.15, -0.1) is 0 Å². The Morgan fingerprint density at radius 2 is 0.824 bits per heavy atom. The predicted octanol–water partition coefficient (Wildman–Crippen LogP) is 17.8. The van der Waals surface area contributed by atoms with Crippen molar-refractivity contribution < 1.29 is 0 Å². The summed E-state index contributed by atoms with van der Waals surface area (Å²) >= 11 is 0. The van der Waals surface area contributed by atoms with E-state index in [-0.39, 0.29) is 5.41 Å². The summed E-state index contributed by atoms with van der Waals surface area (Å²) in [6, 6.07) is 85.3. The predicted molar refractivity (Wildman–Crippen MR) is 288 cm³/mol. The number of nitrogens with zero attached hydrogens (tertiary/aromatic N) is 2. The van der Waals surface area contributed by atoms with Crippen molar-refractivity contribution in [2.24, 2.45) is 0 Å². The molecule has 318 valence electrons. The lowest BCUT2D eigenvalue weighted by Gasteiger charge is -2.21. The molecule has 0 amide bonds. The van der Waals surface area contributed by atoms with Crippen LogP contribution in [0.2, 0.25) is 0 Å². The molecule has 14 rings (SSSR count). The fraction of sp³-hybridized carbons (Fsp3) is 0.0455. The van der Waals surface area contributed by atoms with Crippen LogP contribution in [0.15, 0.2) is 231 Å². The van der Waals surface area contributed by atoms with Crippen molar-refractivity contribution in [3.05, 3.63) is 242 Å². The topological polar surface area (TPSA) is 17.8 Å². The lowest BCUT2D eigenvalue weighted by atomic mass is 9.82. The highest BCUT2D eigenvalue weighted by Crippen LogP contribution is 2.50. The first kappa shape index (κ1) is 38.7. The van der Waals surface area contributed by atoms with Crippen LogP contribution in [-0.2, 0) is 5.41 Å². The first-order valence-electron chi connectivity index (χ1n) is 23.7. The zero-order valence-electron chi connectivity index (χ0n) is 37.8. The maximum atomic E-state index is 5.30. The van der Waals surface area contributed by atoms with Gasteiger partial charge in [-0.3, -0.25) is 0 Å². The van der Waals surface area contributed by atoms with Gasteiger partial charge in [-0.1, -0.05) is 190 Å². The van der Waals surface area contributed by atoms with Gasteiger partial charge < -0.3 is 4.57 Å². The minimum absolute atomic E-state index is 0.0284. The smallest absolute Gasteiger partial charge is 0.0730 e. The molecule has 2 nitrogen and oxygen atoms in total. The third-order valence-corrected chi connectivity index (χ3v) is 14.9. The summed E-state index contributed by atoms with van der Waals surface area (Å²) in [4.78, 5) is 5.30. The van der Waals surface area contributed by atoms with Crippen LogP contribution in [0.3, 0.4) is 0 Å². The van der Waals surface area contributed by atoms with Gasteiger partial charge >= 0.3 is 0 Å². The second-order valence-electron chi connectivity index (χ2n) is 19.1. The Balaban J connectivity index is 1.04. The summed E-state index contributed by atoms with van der Waals surface area (Å²) < 4.78 is 2.48. The normalized spacial score (nSPS) is 13.0. The number of hydrogen-bond acceptors (Lipinski definition) is 1. The number of fused-ring (bicyclic) bond motifs is 13. The van der Waals surface area contributed by atoms with Crippen molar-refractivity contribution in [3.8, 4) is 61.6 Å². The van der Waals surface area contributed by atoms with Gasteiger partial charge in [0.15, 0.2) is 0 Å². The van der Waals surface area contributed by atoms with Crippen LogP contribution in [0.1, 0.15) is 25.0 Å². The first-order chi connectivity index (χ1) is 33.4. The second-order valence-corrected chi connectivity index (χ2v) is 19.1. The Hall–Kier alpha value is -8.59. The number of pyridine rings is 1. The van der Waals surface area contributed by atoms with Crippen molar-refractivity contribution in [1.82, 2.24) is 9.55 Å². The lowest BCUT2D eigenvalue weighted by Crippen LogP contribution is -2.14. The average Bonchev–Trinajstić information content (AvgIpc) is 3.84. The molecule has 0 saturated carbocycles. The van der Waals surface area contributed by atoms with Crippen LogP contribution in [0.4, 0.5) is 0 Å². The molecule has 0 radical (unpaired) electrons. The van der Waals surface area contributed by atoms with Gasteiger partial charge in [0, 0.05) is 27.3 Å². The molecule has 1 aliphatic rings. The molecule has 68 heavy (non-hydrogen) atoms. The summed E-state index contributed by atoms with van der Waals surface area (Å²) in [6.45, 7) is 4.70. The minimum Gasteiger partial charge on any atom is -0.309 e. The molecule has 11 aromatic carbocycles. The van der Waals surface area contributed by atoms with E-state index in [0.29, 0.717) is 0 Å². The van der Waals surface area contributed by atoms with E-state index in [4.69, 9.17) is 4.98 Å². The molecular weight excluding hydrogens is 821 g/mol. The fourth-order valence-electron chi connectivity index (χ4n) is 11.5. The number of hydrogen-bond donors (Lipinski definition) is 0. The molecule has 0 atom stereocenters. The largest absolute Gasteiger partial charge is 0.309 e. The maximum Gasteiger partial charge on any atom is 0.0730 e. The molecule has 2 aromatic heterocycles. The Labute approximate surface area is 395 Å². The first-order valence-corrected chi connectivity index (χ1v) is 23.7. The summed E-state index contributed by atoms with van der Waals surface area (Å²) in [5, 5.41) is 12.4. The molecule has 0 unspecified atom stereocenters. The molecule has 0 N–H and O–H groups in total. The molecule has 2 heterocycles. The van der Waals surface area contributed by atoms with E-state index >= 15 is 0 Å². The molecule has 2 heteroatoms. The third kappa shape index (κ3) is 5.87. The van der Waals surface area contributed by atoms with Gasteiger partial charge in [-0.25, -0.2) is 4.98 Å². The van der Waals surface area contributed by atoms with Crippen LogP contribution >= 0.6 is 0 Å². The summed E-state index contributed by atoms with van der Waals surface area (Å²) in [5.74, 6) is 0. The van der Waals surface area contributed by atoms with E-state index in [1.54, 1.807) is 0 Å². The van der Waals surface area contributed by atoms with E-state index in [1.165, 1.54) is 98.4 Å². The molecule has 0 bridgehead atoms. The van der Waals surface area contributed by atoms with Gasteiger partial charge in [0.1, 0.15) is 0 Å². The highest BCUT2D eigenvalue weighted by molar-refractivity contribution is 6.29. The highest BCUT2D eigenvalue weighted by atomic mass is 15.0. The van der Waals surface area contributed by atoms with Crippen LogP contribution in [-0.4, -0.2) is 9.55 Å². The van der Waals surface area contributed by atoms with E-state index in [2.05, 4.69) is 249 Å². The van der Waals surface area contributed by atoms with E-state index in [9.17, 15) is 0 Å². The molecule has 13 aromatic rings. The molecule has 0 spiro atoms. The van der Waals surface area contributed by atoms with Crippen LogP contribution < -0.4 is 0 Å². The average molecular weight is 865 g/mol. The number of rotatable bonds is 5. The van der Waals surface area contributed by atoms with Gasteiger partial charge in [0.25, 0.3) is 0 Å². The van der Waals surface area contributed by atoms with Gasteiger partial charge in [-0.05, 0) is 142 Å². The van der Waals surface area contributed by atoms with Crippen molar-refractivity contribution in [2.75, 3.05) is 0 Å². The fourth-order valence-corrected chi connectivity index (χ4v) is 11.5. The van der Waals surface area contributed by atoms with Crippen molar-refractivity contribution in [1.29, 1.82) is 0 Å². The quantitative estimate of drug-likeness (QED) is 0.158. The molecule has 0 saturated heterocycles. The third-order valence-electron chi connectivity index (χ3n) is 14.9. The van der Waals surface area contributed by atoms with Crippen molar-refractivity contribution in [2.45, 2.75) is 19.3 Å². The Bertz CT molecular complexity index is 4160. The van der Waals surface area contributed by atoms with E-state index in [1.807, 2.05) is 0 Å². The minimum atomic E-state index is -0.0284. The van der Waals surface area contributed by atoms with Crippen molar-refractivity contribution >= 4 is 64.9 Å². The summed E-state index contributed by atoms with van der Waals surface area (Å²) in [5.41, 5.74) is 17.8. The lowest BCUT2D eigenvalue weighted by molar-refractivity contribution is 0.660. The van der Waals surface area contributed by atoms with Crippen LogP contribution in [0.5, 0.6) is 0 Å². The standard InChI is InChI=1S/C66H44N2/c1-66(2)60-24-14-13-23-53(60)57-35-47(28-31-61(57)66)46-27-30-52-54(34-46)50-21-11-12-22-51(50)56-40-65-59(39-55(52)56)58-36-48(45-26-25-41-15-9-10-20-44(41)33-45)29-32-64(58)68(65)49-37-62(42-16-5-3-6-17-42)67-63(38-49)43-18-7-4-8-19-43/h3-40H,1-2H3. The number of benzene rings is 11. The van der Waals surface area contributed by atoms with Crippen LogP contribution in [0.25, 0.3) is 126 Å². The Kier molecular flexibility index (Phi) is 8.36. The van der Waals surface area contributed by atoms with Gasteiger partial charge in [0.05, 0.1) is 28.1 Å². The SMILES string of the molecule is CC1(C)c2ccccc2-c2cc(-c3ccc4c(c3)c3ccccc3c3cc5c(cc43)c3cc(-c4ccc6ccccc6c4)ccc3n5-c3cc(-c4ccccc4)nc(-c4ccccc4)c3)ccc21. The number of aromatic nitrogens is 2. The zero-order valence-corrected chi connectivity index (χ0v) is 37.8. The van der Waals surface area contributed by atoms with E-state index in [0.717, 1.165) is 39.2 Å². The monoisotopic (exact) mass is 864 g/mol. The molecular formula is C66H44N2. The molecule has 0 fully saturated rings. The second kappa shape index (κ2) is 14.7. The van der Waals surface area contributed by atoms with E-state index < -0.39 is 0 Å². The Morgan fingerprint density at radius 3 is 1.57 bits per heavy atom. The maximum absolute atomic E-state index is 5.30. The van der Waals surface area contributed by atoms with Gasteiger partial charge in [-0.2, -0.15) is 0 Å². The Morgan fingerprint density at radius 1 is 0.309 bits per heavy atom. The zero-order chi connectivity index (χ0) is 45.1. The van der Waals surface area contributed by atoms with Gasteiger partial charge in [0.2, 0.25) is 0 Å². The summed E-state index contributed by atoms with van der Waals surface area (Å²) in [7, 11) is 0. The van der Waals surface area contributed by atoms with Crippen LogP contribution in [0, 0.1) is 0 Å². The molecule has 1 aliphatic carbocycles. The molecule has 0 aliphatic heterocycles. The summed E-state index contributed by atoms with van der Waals surface area (Å²) in [6.07, 6.45) is 0.